The third kappa shape index (κ3) is 3.90. The molecular weight excluding hydrogens is 282 g/mol. The summed E-state index contributed by atoms with van der Waals surface area (Å²) in [4.78, 5) is 16.7. The molecular formula is C16H25N3OS. The number of thioether (sulfide) groups is 1. The summed E-state index contributed by atoms with van der Waals surface area (Å²) in [6, 6.07) is 1.94. The lowest BCUT2D eigenvalue weighted by molar-refractivity contribution is 0.0944. The molecule has 0 spiro atoms. The number of anilines is 1. The summed E-state index contributed by atoms with van der Waals surface area (Å²) < 4.78 is 0.255. The molecule has 0 bridgehead atoms. The summed E-state index contributed by atoms with van der Waals surface area (Å²) in [6.07, 6.45) is 8.50. The van der Waals surface area contributed by atoms with E-state index in [-0.39, 0.29) is 10.7 Å². The van der Waals surface area contributed by atoms with Crippen LogP contribution < -0.4 is 10.6 Å². The lowest BCUT2D eigenvalue weighted by Gasteiger charge is -2.40. The van der Waals surface area contributed by atoms with Crippen LogP contribution >= 0.6 is 11.8 Å². The Morgan fingerprint density at radius 2 is 2.24 bits per heavy atom. The van der Waals surface area contributed by atoms with Crippen LogP contribution in [0, 0.1) is 6.92 Å². The first-order valence-corrected chi connectivity index (χ1v) is 8.86. The van der Waals surface area contributed by atoms with Gasteiger partial charge >= 0.3 is 0 Å². The van der Waals surface area contributed by atoms with Gasteiger partial charge in [-0.05, 0) is 38.5 Å². The first-order valence-electron chi connectivity index (χ1n) is 7.64. The van der Waals surface area contributed by atoms with E-state index in [0.29, 0.717) is 5.56 Å². The van der Waals surface area contributed by atoms with Crippen LogP contribution in [0.25, 0.3) is 0 Å². The molecule has 1 aromatic heterocycles. The number of aromatic nitrogens is 1. The van der Waals surface area contributed by atoms with E-state index < -0.39 is 0 Å². The molecule has 4 nitrogen and oxygen atoms in total. The van der Waals surface area contributed by atoms with Gasteiger partial charge in [0.05, 0.1) is 11.3 Å². The number of carbonyl (C=O) groups excluding carboxylic acids is 1. The highest BCUT2D eigenvalue weighted by Gasteiger charge is 2.36. The van der Waals surface area contributed by atoms with E-state index in [1.54, 1.807) is 6.20 Å². The first-order chi connectivity index (χ1) is 10.1. The van der Waals surface area contributed by atoms with Gasteiger partial charge in [-0.3, -0.25) is 9.78 Å². The molecule has 0 atom stereocenters. The van der Waals surface area contributed by atoms with Crippen LogP contribution in [-0.4, -0.2) is 35.0 Å². The molecule has 1 heterocycles. The van der Waals surface area contributed by atoms with Crippen molar-refractivity contribution in [3.63, 3.8) is 0 Å². The van der Waals surface area contributed by atoms with Crippen LogP contribution in [0.1, 0.15) is 48.7 Å². The molecule has 0 aromatic carbocycles. The SMILES string of the molecule is CCCNc1cc(C)ncc1C(=O)NCC1(SC)CCC1. The second-order valence-corrected chi connectivity index (χ2v) is 7.00. The quantitative estimate of drug-likeness (QED) is 0.812. The minimum Gasteiger partial charge on any atom is -0.384 e. The molecule has 0 aliphatic heterocycles. The average Bonchev–Trinajstić information content (AvgIpc) is 2.44. The van der Waals surface area contributed by atoms with Crippen LogP contribution in [0.5, 0.6) is 0 Å². The second-order valence-electron chi connectivity index (χ2n) is 5.72. The maximum Gasteiger partial charge on any atom is 0.255 e. The largest absolute Gasteiger partial charge is 0.384 e. The number of amides is 1. The number of nitrogens with one attached hydrogen (secondary N) is 2. The van der Waals surface area contributed by atoms with Gasteiger partial charge in [0.15, 0.2) is 0 Å². The third-order valence-electron chi connectivity index (χ3n) is 4.12. The Morgan fingerprint density at radius 3 is 2.81 bits per heavy atom. The van der Waals surface area contributed by atoms with Crippen molar-refractivity contribution in [2.24, 2.45) is 0 Å². The summed E-state index contributed by atoms with van der Waals surface area (Å²) >= 11 is 1.87. The Bertz CT molecular complexity index is 495. The van der Waals surface area contributed by atoms with Gasteiger partial charge in [-0.25, -0.2) is 0 Å². The molecule has 1 amide bonds. The van der Waals surface area contributed by atoms with Crippen molar-refractivity contribution in [1.29, 1.82) is 0 Å². The monoisotopic (exact) mass is 307 g/mol. The molecule has 0 unspecified atom stereocenters. The van der Waals surface area contributed by atoms with Gasteiger partial charge < -0.3 is 10.6 Å². The topological polar surface area (TPSA) is 54.0 Å². The molecule has 2 rings (SSSR count). The van der Waals surface area contributed by atoms with Gasteiger partial charge in [-0.1, -0.05) is 13.3 Å². The van der Waals surface area contributed by atoms with E-state index in [0.717, 1.165) is 30.9 Å². The fraction of sp³-hybridized carbons (Fsp3) is 0.625. The molecule has 0 radical (unpaired) electrons. The molecule has 1 aliphatic rings. The van der Waals surface area contributed by atoms with Crippen molar-refractivity contribution < 1.29 is 4.79 Å². The minimum absolute atomic E-state index is 0.0265. The zero-order chi connectivity index (χ0) is 15.3. The maximum absolute atomic E-state index is 12.4. The van der Waals surface area contributed by atoms with Crippen molar-refractivity contribution >= 4 is 23.4 Å². The Labute approximate surface area is 131 Å². The van der Waals surface area contributed by atoms with Gasteiger partial charge in [-0.2, -0.15) is 11.8 Å². The van der Waals surface area contributed by atoms with E-state index in [1.807, 2.05) is 24.8 Å². The van der Waals surface area contributed by atoms with Crippen molar-refractivity contribution in [2.45, 2.75) is 44.3 Å². The predicted molar refractivity (Wildman–Crippen MR) is 90.2 cm³/mol. The van der Waals surface area contributed by atoms with Gasteiger partial charge in [0, 0.05) is 29.7 Å². The van der Waals surface area contributed by atoms with E-state index >= 15 is 0 Å². The average molecular weight is 307 g/mol. The molecule has 2 N–H and O–H groups in total. The van der Waals surface area contributed by atoms with Gasteiger partial charge in [0.25, 0.3) is 5.91 Å². The number of hydrogen-bond acceptors (Lipinski definition) is 4. The summed E-state index contributed by atoms with van der Waals surface area (Å²) in [5.41, 5.74) is 2.45. The molecule has 1 aromatic rings. The second kappa shape index (κ2) is 7.16. The number of aryl methyl sites for hydroxylation is 1. The Morgan fingerprint density at radius 1 is 1.48 bits per heavy atom. The normalized spacial score (nSPS) is 16.1. The molecule has 1 aliphatic carbocycles. The molecule has 116 valence electrons. The fourth-order valence-electron chi connectivity index (χ4n) is 2.51. The number of rotatable bonds is 7. The highest BCUT2D eigenvalue weighted by Crippen LogP contribution is 2.42. The summed E-state index contributed by atoms with van der Waals surface area (Å²) in [7, 11) is 0. The zero-order valence-electron chi connectivity index (χ0n) is 13.2. The summed E-state index contributed by atoms with van der Waals surface area (Å²) in [6.45, 7) is 5.65. The fourth-order valence-corrected chi connectivity index (χ4v) is 3.42. The molecule has 1 saturated carbocycles. The van der Waals surface area contributed by atoms with E-state index in [2.05, 4.69) is 28.8 Å². The van der Waals surface area contributed by atoms with Crippen LogP contribution in [0.3, 0.4) is 0 Å². The van der Waals surface area contributed by atoms with E-state index in [1.165, 1.54) is 19.3 Å². The van der Waals surface area contributed by atoms with Crippen LogP contribution in [-0.2, 0) is 0 Å². The maximum atomic E-state index is 12.4. The highest BCUT2D eigenvalue weighted by atomic mass is 32.2. The standard InChI is InChI=1S/C16H25N3OS/c1-4-8-17-14-9-12(2)18-10-13(14)15(20)19-11-16(21-3)6-5-7-16/h9-10H,4-8,11H2,1-3H3,(H,17,18)(H,19,20). The Balaban J connectivity index is 2.04. The number of nitrogens with zero attached hydrogens (tertiary/aromatic N) is 1. The van der Waals surface area contributed by atoms with Crippen molar-refractivity contribution in [3.8, 4) is 0 Å². The smallest absolute Gasteiger partial charge is 0.255 e. The van der Waals surface area contributed by atoms with Crippen LogP contribution in [0.15, 0.2) is 12.3 Å². The lowest BCUT2D eigenvalue weighted by Crippen LogP contribution is -2.45. The van der Waals surface area contributed by atoms with Crippen molar-refractivity contribution in [1.82, 2.24) is 10.3 Å². The predicted octanol–water partition coefficient (Wildman–Crippen LogP) is 3.23. The van der Waals surface area contributed by atoms with Gasteiger partial charge in [0.2, 0.25) is 0 Å². The lowest BCUT2D eigenvalue weighted by atomic mass is 9.84. The Kier molecular flexibility index (Phi) is 5.51. The van der Waals surface area contributed by atoms with Crippen LogP contribution in [0.2, 0.25) is 0 Å². The molecule has 1 fully saturated rings. The molecule has 5 heteroatoms. The van der Waals surface area contributed by atoms with E-state index in [9.17, 15) is 4.79 Å². The molecule has 0 saturated heterocycles. The van der Waals surface area contributed by atoms with Crippen molar-refractivity contribution in [2.75, 3.05) is 24.7 Å². The summed E-state index contributed by atoms with van der Waals surface area (Å²) in [5, 5.41) is 6.41. The number of pyridine rings is 1. The van der Waals surface area contributed by atoms with Crippen LogP contribution in [0.4, 0.5) is 5.69 Å². The zero-order valence-corrected chi connectivity index (χ0v) is 14.0. The number of hydrogen-bond donors (Lipinski definition) is 2. The van der Waals surface area contributed by atoms with E-state index in [4.69, 9.17) is 0 Å². The molecule has 21 heavy (non-hydrogen) atoms. The third-order valence-corrected chi connectivity index (χ3v) is 5.54. The first kappa shape index (κ1) is 16.1. The Hall–Kier alpha value is -1.23. The minimum atomic E-state index is -0.0265. The highest BCUT2D eigenvalue weighted by molar-refractivity contribution is 8.00. The summed E-state index contributed by atoms with van der Waals surface area (Å²) in [5.74, 6) is -0.0265. The van der Waals surface area contributed by atoms with Crippen molar-refractivity contribution in [3.05, 3.63) is 23.5 Å². The van der Waals surface area contributed by atoms with Gasteiger partial charge in [-0.15, -0.1) is 0 Å². The number of carbonyl (C=O) groups is 1. The van der Waals surface area contributed by atoms with Gasteiger partial charge in [0.1, 0.15) is 0 Å².